The molecule has 0 radical (unpaired) electrons. The lowest BCUT2D eigenvalue weighted by atomic mass is 9.95. The van der Waals surface area contributed by atoms with Crippen LogP contribution in [-0.4, -0.2) is 29.3 Å². The lowest BCUT2D eigenvalue weighted by Gasteiger charge is -2.35. The molecular weight excluding hydrogens is 210 g/mol. The van der Waals surface area contributed by atoms with Gasteiger partial charge in [-0.25, -0.2) is 0 Å². The number of hydrogen-bond acceptors (Lipinski definition) is 4. The van der Waals surface area contributed by atoms with Crippen molar-refractivity contribution in [3.63, 3.8) is 0 Å². The molecule has 0 aliphatic rings. The highest BCUT2D eigenvalue weighted by Gasteiger charge is 2.42. The van der Waals surface area contributed by atoms with Gasteiger partial charge in [-0.3, -0.25) is 0 Å². The van der Waals surface area contributed by atoms with Crippen molar-refractivity contribution in [3.8, 4) is 0 Å². The lowest BCUT2D eigenvalue weighted by Crippen LogP contribution is -2.52. The van der Waals surface area contributed by atoms with Gasteiger partial charge in [0.1, 0.15) is 6.23 Å². The van der Waals surface area contributed by atoms with Crippen molar-refractivity contribution in [3.05, 3.63) is 0 Å². The van der Waals surface area contributed by atoms with E-state index in [1.807, 2.05) is 20.8 Å². The molecule has 0 amide bonds. The second-order valence-electron chi connectivity index (χ2n) is 4.75. The first kappa shape index (κ1) is 15.1. The molecule has 0 heterocycles. The van der Waals surface area contributed by atoms with Gasteiger partial charge in [0.2, 0.25) is 0 Å². The minimum absolute atomic E-state index is 0.108. The second-order valence-corrected chi connectivity index (χ2v) is 7.66. The van der Waals surface area contributed by atoms with E-state index >= 15 is 0 Å². The van der Waals surface area contributed by atoms with Gasteiger partial charge in [-0.05, 0) is 0 Å². The lowest BCUT2D eigenvalue weighted by molar-refractivity contribution is 0.00602. The van der Waals surface area contributed by atoms with Crippen molar-refractivity contribution in [1.29, 1.82) is 0 Å². The zero-order chi connectivity index (χ0) is 12.1. The summed E-state index contributed by atoms with van der Waals surface area (Å²) in [7, 11) is 0.710. The highest BCUT2D eigenvalue weighted by atomic mass is 28.4. The molecule has 0 aromatic carbocycles. The maximum absolute atomic E-state index is 5.97. The highest BCUT2D eigenvalue weighted by Crippen LogP contribution is 2.25. The molecule has 2 N–H and O–H groups in total. The standard InChI is InChI=1S/C10H25NO3Si/c1-7-8-15(12-5,13-6)14-9(11)10(2,3)4/h9H,7-8,11H2,1-6H3. The first-order valence-corrected chi connectivity index (χ1v) is 7.28. The molecule has 0 aromatic heterocycles. The Balaban J connectivity index is 4.53. The molecule has 0 aliphatic heterocycles. The summed E-state index contributed by atoms with van der Waals surface area (Å²) in [6, 6.07) is 0.795. The van der Waals surface area contributed by atoms with Crippen LogP contribution in [0.1, 0.15) is 34.1 Å². The number of nitrogens with two attached hydrogens (primary N) is 1. The first-order valence-electron chi connectivity index (χ1n) is 5.35. The summed E-state index contributed by atoms with van der Waals surface area (Å²) in [5, 5.41) is 0. The van der Waals surface area contributed by atoms with E-state index < -0.39 is 8.80 Å². The summed E-state index contributed by atoms with van der Waals surface area (Å²) in [5.74, 6) is 0. The zero-order valence-corrected chi connectivity index (χ0v) is 11.8. The Labute approximate surface area is 94.5 Å². The van der Waals surface area contributed by atoms with Crippen molar-refractivity contribution in [2.45, 2.75) is 46.4 Å². The van der Waals surface area contributed by atoms with Gasteiger partial charge in [-0.1, -0.05) is 34.1 Å². The normalized spacial score (nSPS) is 15.4. The molecule has 15 heavy (non-hydrogen) atoms. The quantitative estimate of drug-likeness (QED) is 0.565. The monoisotopic (exact) mass is 235 g/mol. The Bertz CT molecular complexity index is 178. The Morgan fingerprint density at radius 2 is 1.67 bits per heavy atom. The SMILES string of the molecule is CCC[Si](OC)(OC)OC(N)C(C)(C)C. The van der Waals surface area contributed by atoms with E-state index in [1.165, 1.54) is 0 Å². The fraction of sp³-hybridized carbons (Fsp3) is 1.00. The van der Waals surface area contributed by atoms with Crippen LogP contribution >= 0.6 is 0 Å². The smallest absolute Gasteiger partial charge is 0.377 e. The third kappa shape index (κ3) is 4.61. The van der Waals surface area contributed by atoms with Crippen LogP contribution in [0.4, 0.5) is 0 Å². The second kappa shape index (κ2) is 5.96. The van der Waals surface area contributed by atoms with Crippen LogP contribution in [-0.2, 0) is 13.3 Å². The summed E-state index contributed by atoms with van der Waals surface area (Å²) < 4.78 is 16.6. The molecule has 5 heteroatoms. The van der Waals surface area contributed by atoms with E-state index in [1.54, 1.807) is 14.2 Å². The molecule has 0 saturated heterocycles. The van der Waals surface area contributed by atoms with Crippen LogP contribution in [0.2, 0.25) is 6.04 Å². The predicted molar refractivity (Wildman–Crippen MR) is 63.4 cm³/mol. The molecule has 0 rings (SSSR count). The van der Waals surface area contributed by atoms with E-state index in [4.69, 9.17) is 19.0 Å². The van der Waals surface area contributed by atoms with Crippen molar-refractivity contribution in [2.75, 3.05) is 14.2 Å². The van der Waals surface area contributed by atoms with Gasteiger partial charge in [0, 0.05) is 25.7 Å². The Hall–Kier alpha value is 0.0569. The molecule has 92 valence electrons. The fourth-order valence-electron chi connectivity index (χ4n) is 1.12. The molecule has 1 unspecified atom stereocenters. The Morgan fingerprint density at radius 3 is 1.93 bits per heavy atom. The summed E-state index contributed by atoms with van der Waals surface area (Å²) in [6.07, 6.45) is 0.598. The van der Waals surface area contributed by atoms with Gasteiger partial charge in [0.05, 0.1) is 0 Å². The van der Waals surface area contributed by atoms with E-state index in [9.17, 15) is 0 Å². The molecule has 0 aliphatic carbocycles. The van der Waals surface area contributed by atoms with E-state index in [2.05, 4.69) is 6.92 Å². The molecule has 0 bridgehead atoms. The van der Waals surface area contributed by atoms with Crippen LogP contribution in [0.25, 0.3) is 0 Å². The molecule has 0 saturated carbocycles. The largest absolute Gasteiger partial charge is 0.501 e. The molecule has 4 nitrogen and oxygen atoms in total. The van der Waals surface area contributed by atoms with Crippen LogP contribution in [0.15, 0.2) is 0 Å². The molecule has 0 aromatic rings. The van der Waals surface area contributed by atoms with Crippen LogP contribution < -0.4 is 5.73 Å². The van der Waals surface area contributed by atoms with Gasteiger partial charge in [0.25, 0.3) is 0 Å². The van der Waals surface area contributed by atoms with Crippen LogP contribution in [0.3, 0.4) is 0 Å². The van der Waals surface area contributed by atoms with Crippen LogP contribution in [0, 0.1) is 5.41 Å². The van der Waals surface area contributed by atoms with Gasteiger partial charge >= 0.3 is 8.80 Å². The Morgan fingerprint density at radius 1 is 1.20 bits per heavy atom. The summed E-state index contributed by atoms with van der Waals surface area (Å²) >= 11 is 0. The zero-order valence-electron chi connectivity index (χ0n) is 10.8. The Kier molecular flexibility index (Phi) is 5.98. The van der Waals surface area contributed by atoms with Crippen molar-refractivity contribution in [1.82, 2.24) is 0 Å². The minimum atomic E-state index is -2.54. The predicted octanol–water partition coefficient (Wildman–Crippen LogP) is 1.98. The van der Waals surface area contributed by atoms with E-state index in [0.29, 0.717) is 0 Å². The highest BCUT2D eigenvalue weighted by molar-refractivity contribution is 6.60. The maximum atomic E-state index is 5.97. The molecule has 0 spiro atoms. The number of hydrogen-bond donors (Lipinski definition) is 1. The van der Waals surface area contributed by atoms with E-state index in [0.717, 1.165) is 12.5 Å². The van der Waals surface area contributed by atoms with Gasteiger partial charge in [-0.15, -0.1) is 0 Å². The fourth-order valence-corrected chi connectivity index (χ4v) is 3.36. The molecule has 0 fully saturated rings. The molecule has 1 atom stereocenters. The third-order valence-corrected chi connectivity index (χ3v) is 5.31. The topological polar surface area (TPSA) is 53.7 Å². The van der Waals surface area contributed by atoms with Crippen molar-refractivity contribution in [2.24, 2.45) is 11.1 Å². The van der Waals surface area contributed by atoms with Gasteiger partial charge in [-0.2, -0.15) is 0 Å². The van der Waals surface area contributed by atoms with Gasteiger partial charge in [0.15, 0.2) is 0 Å². The van der Waals surface area contributed by atoms with E-state index in [-0.39, 0.29) is 11.6 Å². The van der Waals surface area contributed by atoms with Gasteiger partial charge < -0.3 is 19.0 Å². The summed E-state index contributed by atoms with van der Waals surface area (Å²) in [4.78, 5) is 0. The number of rotatable bonds is 6. The van der Waals surface area contributed by atoms with Crippen molar-refractivity contribution >= 4 is 8.80 Å². The third-order valence-electron chi connectivity index (χ3n) is 2.34. The average Bonchev–Trinajstić information content (AvgIpc) is 2.15. The molecular formula is C10H25NO3Si. The maximum Gasteiger partial charge on any atom is 0.501 e. The minimum Gasteiger partial charge on any atom is -0.377 e. The summed E-state index contributed by atoms with van der Waals surface area (Å²) in [6.45, 7) is 8.18. The van der Waals surface area contributed by atoms with Crippen molar-refractivity contribution < 1.29 is 13.3 Å². The first-order chi connectivity index (χ1) is 6.81. The average molecular weight is 235 g/mol. The van der Waals surface area contributed by atoms with Crippen LogP contribution in [0.5, 0.6) is 0 Å². The summed E-state index contributed by atoms with van der Waals surface area (Å²) in [5.41, 5.74) is 5.86.